The molecule has 0 spiro atoms. The van der Waals surface area contributed by atoms with E-state index in [-0.39, 0.29) is 18.3 Å². The van der Waals surface area contributed by atoms with Crippen molar-refractivity contribution in [3.63, 3.8) is 0 Å². The molecule has 0 fully saturated rings. The molecule has 5 nitrogen and oxygen atoms in total. The molecule has 1 aromatic carbocycles. The van der Waals surface area contributed by atoms with Crippen LogP contribution in [-0.4, -0.2) is 22.6 Å². The predicted molar refractivity (Wildman–Crippen MR) is 74.2 cm³/mol. The highest BCUT2D eigenvalue weighted by molar-refractivity contribution is 6.02. The third kappa shape index (κ3) is 3.46. The number of rotatable bonds is 3. The Morgan fingerprint density at radius 2 is 2.35 bits per heavy atom. The highest BCUT2D eigenvalue weighted by Crippen LogP contribution is 2.13. The Labute approximate surface area is 116 Å². The lowest BCUT2D eigenvalue weighted by Crippen LogP contribution is -2.12. The summed E-state index contributed by atoms with van der Waals surface area (Å²) in [5.41, 5.74) is 1.94. The van der Waals surface area contributed by atoms with Crippen molar-refractivity contribution in [1.82, 2.24) is 4.98 Å². The molecular weight excluding hydrogens is 256 g/mol. The minimum absolute atomic E-state index is 0.0359. The molecule has 102 valence electrons. The summed E-state index contributed by atoms with van der Waals surface area (Å²) in [6.45, 7) is 1.74. The van der Waals surface area contributed by atoms with Gasteiger partial charge in [0.2, 0.25) is 5.76 Å². The number of oxazole rings is 1. The zero-order valence-corrected chi connectivity index (χ0v) is 11.0. The van der Waals surface area contributed by atoms with Gasteiger partial charge < -0.3 is 14.8 Å². The van der Waals surface area contributed by atoms with Crippen LogP contribution in [0.4, 0.5) is 5.69 Å². The maximum atomic E-state index is 12.0. The first-order valence-corrected chi connectivity index (χ1v) is 6.12. The van der Waals surface area contributed by atoms with E-state index in [1.807, 2.05) is 6.07 Å². The Balaban J connectivity index is 2.11. The van der Waals surface area contributed by atoms with E-state index >= 15 is 0 Å². The zero-order chi connectivity index (χ0) is 14.4. The van der Waals surface area contributed by atoms with E-state index in [0.717, 1.165) is 5.56 Å². The van der Waals surface area contributed by atoms with Crippen LogP contribution in [0, 0.1) is 18.8 Å². The van der Waals surface area contributed by atoms with Crippen LogP contribution in [0.2, 0.25) is 0 Å². The first-order valence-electron chi connectivity index (χ1n) is 6.12. The number of amides is 1. The number of aryl methyl sites for hydroxylation is 1. The fourth-order valence-electron chi connectivity index (χ4n) is 1.60. The summed E-state index contributed by atoms with van der Waals surface area (Å²) < 4.78 is 5.03. The molecular formula is C15H14N2O3. The largest absolute Gasteiger partial charge is 0.438 e. The Kier molecular flexibility index (Phi) is 4.53. The summed E-state index contributed by atoms with van der Waals surface area (Å²) in [7, 11) is 0. The second-order valence-electron chi connectivity index (χ2n) is 4.08. The smallest absolute Gasteiger partial charge is 0.293 e. The van der Waals surface area contributed by atoms with Crippen molar-refractivity contribution in [2.75, 3.05) is 11.9 Å². The minimum Gasteiger partial charge on any atom is -0.438 e. The van der Waals surface area contributed by atoms with Crippen molar-refractivity contribution in [1.29, 1.82) is 0 Å². The van der Waals surface area contributed by atoms with Gasteiger partial charge in [-0.25, -0.2) is 4.98 Å². The van der Waals surface area contributed by atoms with Gasteiger partial charge in [0, 0.05) is 17.7 Å². The molecule has 0 radical (unpaired) electrons. The second kappa shape index (κ2) is 6.55. The summed E-state index contributed by atoms with van der Waals surface area (Å²) in [6, 6.07) is 7.15. The first kappa shape index (κ1) is 13.8. The number of carbonyl (C=O) groups is 1. The molecule has 1 heterocycles. The van der Waals surface area contributed by atoms with Crippen LogP contribution in [0.3, 0.4) is 0 Å². The van der Waals surface area contributed by atoms with Gasteiger partial charge in [-0.1, -0.05) is 17.9 Å². The lowest BCUT2D eigenvalue weighted by Gasteiger charge is -2.03. The van der Waals surface area contributed by atoms with E-state index in [0.29, 0.717) is 17.8 Å². The summed E-state index contributed by atoms with van der Waals surface area (Å²) in [5.74, 6) is 5.58. The second-order valence-corrected chi connectivity index (χ2v) is 4.08. The molecule has 2 rings (SSSR count). The molecule has 1 aromatic heterocycles. The van der Waals surface area contributed by atoms with Gasteiger partial charge in [0.1, 0.15) is 0 Å². The van der Waals surface area contributed by atoms with Crippen molar-refractivity contribution < 1.29 is 14.3 Å². The van der Waals surface area contributed by atoms with Crippen molar-refractivity contribution >= 4 is 11.6 Å². The Bertz CT molecular complexity index is 665. The number of hydrogen-bond acceptors (Lipinski definition) is 4. The van der Waals surface area contributed by atoms with Crippen LogP contribution in [0.25, 0.3) is 0 Å². The minimum atomic E-state index is -0.347. The lowest BCUT2D eigenvalue weighted by atomic mass is 10.2. The number of carbonyl (C=O) groups excluding carboxylic acids is 1. The van der Waals surface area contributed by atoms with Crippen LogP contribution in [0.1, 0.15) is 28.2 Å². The monoisotopic (exact) mass is 270 g/mol. The van der Waals surface area contributed by atoms with E-state index in [4.69, 9.17) is 9.52 Å². The summed E-state index contributed by atoms with van der Waals surface area (Å²) in [4.78, 5) is 15.8. The van der Waals surface area contributed by atoms with Gasteiger partial charge in [-0.2, -0.15) is 0 Å². The summed E-state index contributed by atoms with van der Waals surface area (Å²) >= 11 is 0. The average molecular weight is 270 g/mol. The van der Waals surface area contributed by atoms with Crippen molar-refractivity contribution in [2.24, 2.45) is 0 Å². The van der Waals surface area contributed by atoms with Crippen molar-refractivity contribution in [3.8, 4) is 11.8 Å². The number of aromatic nitrogens is 1. The number of anilines is 1. The molecule has 0 atom stereocenters. The van der Waals surface area contributed by atoms with Crippen LogP contribution < -0.4 is 5.32 Å². The van der Waals surface area contributed by atoms with Gasteiger partial charge in [-0.3, -0.25) is 4.79 Å². The number of nitrogens with zero attached hydrogens (tertiary/aromatic N) is 1. The highest BCUT2D eigenvalue weighted by atomic mass is 16.3. The molecule has 0 saturated heterocycles. The SMILES string of the molecule is Cc1ncoc1C(=O)Nc1cccc(C#CCCO)c1. The standard InChI is InChI=1S/C15H14N2O3/c1-11-14(20-10-16-11)15(19)17-13-7-4-6-12(9-13)5-2-3-8-18/h4,6-7,9-10,18H,3,8H2,1H3,(H,17,19). The van der Waals surface area contributed by atoms with Crippen molar-refractivity contribution in [2.45, 2.75) is 13.3 Å². The first-order chi connectivity index (χ1) is 9.70. The average Bonchev–Trinajstić information content (AvgIpc) is 2.86. The van der Waals surface area contributed by atoms with Gasteiger partial charge in [0.25, 0.3) is 5.91 Å². The fraction of sp³-hybridized carbons (Fsp3) is 0.200. The molecule has 5 heteroatoms. The molecule has 2 aromatic rings. The summed E-state index contributed by atoms with van der Waals surface area (Å²) in [6.07, 6.45) is 1.66. The maximum absolute atomic E-state index is 12.0. The topological polar surface area (TPSA) is 75.4 Å². The van der Waals surface area contributed by atoms with Gasteiger partial charge in [-0.05, 0) is 25.1 Å². The van der Waals surface area contributed by atoms with Gasteiger partial charge in [0.05, 0.1) is 12.3 Å². The molecule has 20 heavy (non-hydrogen) atoms. The third-order valence-corrected chi connectivity index (χ3v) is 2.54. The van der Waals surface area contributed by atoms with E-state index < -0.39 is 0 Å². The number of nitrogens with one attached hydrogen (secondary N) is 1. The highest BCUT2D eigenvalue weighted by Gasteiger charge is 2.13. The normalized spacial score (nSPS) is 9.70. The number of hydrogen-bond donors (Lipinski definition) is 2. The number of benzene rings is 1. The molecule has 0 aliphatic heterocycles. The Morgan fingerprint density at radius 3 is 3.05 bits per heavy atom. The van der Waals surface area contributed by atoms with Crippen LogP contribution in [0.5, 0.6) is 0 Å². The van der Waals surface area contributed by atoms with Gasteiger partial charge in [-0.15, -0.1) is 0 Å². The lowest BCUT2D eigenvalue weighted by molar-refractivity contribution is 0.0996. The molecule has 1 amide bonds. The van der Waals surface area contributed by atoms with Crippen LogP contribution >= 0.6 is 0 Å². The van der Waals surface area contributed by atoms with Gasteiger partial charge in [0.15, 0.2) is 6.39 Å². The van der Waals surface area contributed by atoms with E-state index in [1.54, 1.807) is 25.1 Å². The molecule has 0 aliphatic carbocycles. The molecule has 0 bridgehead atoms. The Hall–Kier alpha value is -2.58. The number of aliphatic hydroxyl groups excluding tert-OH is 1. The molecule has 0 saturated carbocycles. The molecule has 0 aliphatic rings. The maximum Gasteiger partial charge on any atom is 0.293 e. The summed E-state index contributed by atoms with van der Waals surface area (Å²) in [5, 5.41) is 11.4. The van der Waals surface area contributed by atoms with Crippen molar-refractivity contribution in [3.05, 3.63) is 47.7 Å². The zero-order valence-electron chi connectivity index (χ0n) is 11.0. The van der Waals surface area contributed by atoms with Crippen LogP contribution in [0.15, 0.2) is 35.1 Å². The van der Waals surface area contributed by atoms with Crippen LogP contribution in [-0.2, 0) is 0 Å². The molecule has 2 N–H and O–H groups in total. The molecule has 0 unspecified atom stereocenters. The fourth-order valence-corrected chi connectivity index (χ4v) is 1.60. The Morgan fingerprint density at radius 1 is 1.50 bits per heavy atom. The predicted octanol–water partition coefficient (Wildman–Crippen LogP) is 1.97. The van der Waals surface area contributed by atoms with E-state index in [1.165, 1.54) is 6.39 Å². The van der Waals surface area contributed by atoms with E-state index in [9.17, 15) is 4.79 Å². The van der Waals surface area contributed by atoms with Gasteiger partial charge >= 0.3 is 0 Å². The van der Waals surface area contributed by atoms with E-state index in [2.05, 4.69) is 22.1 Å². The quantitative estimate of drug-likeness (QED) is 0.836. The third-order valence-electron chi connectivity index (χ3n) is 2.54. The number of aliphatic hydroxyl groups is 1.